The molecule has 4 aromatic carbocycles. The Morgan fingerprint density at radius 2 is 0.739 bits per heavy atom. The number of carbonyl (C=O) groups excluding carboxylic acids is 4. The Morgan fingerprint density at radius 3 is 1.07 bits per heavy atom. The van der Waals surface area contributed by atoms with E-state index in [1.807, 2.05) is 0 Å². The van der Waals surface area contributed by atoms with Crippen LogP contribution >= 0.6 is 0 Å². The molecule has 46 heavy (non-hydrogen) atoms. The minimum Gasteiger partial charge on any atom is -0.506 e. The third-order valence-corrected chi connectivity index (χ3v) is 6.51. The second kappa shape index (κ2) is 16.0. The van der Waals surface area contributed by atoms with Crippen molar-refractivity contribution < 1.29 is 58.2 Å². The van der Waals surface area contributed by atoms with Crippen LogP contribution in [-0.4, -0.2) is 72.2 Å². The van der Waals surface area contributed by atoms with E-state index in [4.69, 9.17) is 23.7 Å². The lowest BCUT2D eigenvalue weighted by Crippen LogP contribution is -2.16. The highest BCUT2D eigenvalue weighted by Gasteiger charge is 2.32. The molecular weight excluding hydrogens is 600 g/mol. The zero-order chi connectivity index (χ0) is 34.0. The zero-order valence-electron chi connectivity index (χ0n) is 26.2. The molecule has 0 atom stereocenters. The number of phenols is 3. The summed E-state index contributed by atoms with van der Waals surface area (Å²) in [6.45, 7) is 8.90. The van der Waals surface area contributed by atoms with Gasteiger partial charge in [-0.25, -0.2) is 19.2 Å². The number of aromatic hydroxyl groups is 3. The number of fused-ring (bicyclic) bond motifs is 2. The van der Waals surface area contributed by atoms with Gasteiger partial charge in [0.2, 0.25) is 0 Å². The summed E-state index contributed by atoms with van der Waals surface area (Å²) in [5.41, 5.74) is -1.14. The van der Waals surface area contributed by atoms with E-state index >= 15 is 0 Å². The fourth-order valence-electron chi connectivity index (χ4n) is 4.69. The molecule has 0 aliphatic carbocycles. The molecule has 0 saturated carbocycles. The lowest BCUT2D eigenvalue weighted by Gasteiger charge is -2.18. The van der Waals surface area contributed by atoms with Gasteiger partial charge in [0, 0.05) is 21.5 Å². The normalized spacial score (nSPS) is 10.5. The lowest BCUT2D eigenvalue weighted by molar-refractivity contribution is 0.0472. The van der Waals surface area contributed by atoms with Gasteiger partial charge in [0.25, 0.3) is 0 Å². The Labute approximate surface area is 265 Å². The molecule has 4 aromatic rings. The van der Waals surface area contributed by atoms with Crippen LogP contribution < -0.4 is 4.74 Å². The second-order valence-corrected chi connectivity index (χ2v) is 9.28. The largest absolute Gasteiger partial charge is 0.506 e. The highest BCUT2D eigenvalue weighted by Crippen LogP contribution is 2.42. The predicted molar refractivity (Wildman–Crippen MR) is 168 cm³/mol. The van der Waals surface area contributed by atoms with E-state index in [0.717, 1.165) is 0 Å². The molecule has 12 heteroatoms. The molecule has 0 aliphatic rings. The Kier molecular flexibility index (Phi) is 12.1. The van der Waals surface area contributed by atoms with Gasteiger partial charge >= 0.3 is 23.9 Å². The number of esters is 4. The van der Waals surface area contributed by atoms with E-state index in [1.54, 1.807) is 71.0 Å². The zero-order valence-corrected chi connectivity index (χ0v) is 26.2. The smallest absolute Gasteiger partial charge is 0.342 e. The average molecular weight is 637 g/mol. The molecule has 0 bridgehead atoms. The van der Waals surface area contributed by atoms with Crippen LogP contribution in [0.1, 0.15) is 76.1 Å². The molecule has 0 radical (unpaired) electrons. The van der Waals surface area contributed by atoms with E-state index in [1.165, 1.54) is 12.1 Å². The second-order valence-electron chi connectivity index (χ2n) is 9.28. The topological polar surface area (TPSA) is 175 Å². The molecule has 3 N–H and O–H groups in total. The Bertz CT molecular complexity index is 1700. The summed E-state index contributed by atoms with van der Waals surface area (Å²) in [7, 11) is 0. The van der Waals surface area contributed by atoms with Crippen molar-refractivity contribution in [1.29, 1.82) is 0 Å². The minimum atomic E-state index is -0.899. The SMILES string of the molecule is CCOC(=O)c1c(C(=O)OCC)c(O)c2ccccc2c1O.CCOC(=O)c1c(C(=O)OCC)c(OCC)c2ccccc2c1O. The maximum Gasteiger partial charge on any atom is 0.342 e. The van der Waals surface area contributed by atoms with Gasteiger partial charge in [-0.3, -0.25) is 0 Å². The number of ether oxygens (including phenoxy) is 5. The molecule has 0 aliphatic heterocycles. The lowest BCUT2D eigenvalue weighted by atomic mass is 9.97. The van der Waals surface area contributed by atoms with Gasteiger partial charge in [0.1, 0.15) is 45.3 Å². The molecule has 0 spiro atoms. The number of hydrogen-bond acceptors (Lipinski definition) is 12. The summed E-state index contributed by atoms with van der Waals surface area (Å²) in [6.07, 6.45) is 0. The Balaban J connectivity index is 0.000000251. The van der Waals surface area contributed by atoms with Crippen LogP contribution in [0.2, 0.25) is 0 Å². The molecule has 0 unspecified atom stereocenters. The van der Waals surface area contributed by atoms with Crippen molar-refractivity contribution in [2.45, 2.75) is 34.6 Å². The van der Waals surface area contributed by atoms with Crippen LogP contribution in [0, 0.1) is 0 Å². The van der Waals surface area contributed by atoms with Crippen LogP contribution in [0.3, 0.4) is 0 Å². The summed E-state index contributed by atoms with van der Waals surface area (Å²) < 4.78 is 25.4. The molecule has 244 valence electrons. The molecule has 0 saturated heterocycles. The van der Waals surface area contributed by atoms with E-state index < -0.39 is 46.5 Å². The predicted octanol–water partition coefficient (Wildman–Crippen LogP) is 5.90. The summed E-state index contributed by atoms with van der Waals surface area (Å²) in [5, 5.41) is 32.7. The molecule has 0 aromatic heterocycles. The Morgan fingerprint density at radius 1 is 0.457 bits per heavy atom. The van der Waals surface area contributed by atoms with E-state index in [-0.39, 0.29) is 66.4 Å². The first-order valence-electron chi connectivity index (χ1n) is 14.6. The molecule has 12 nitrogen and oxygen atoms in total. The first kappa shape index (κ1) is 35.0. The van der Waals surface area contributed by atoms with E-state index in [0.29, 0.717) is 10.8 Å². The maximum absolute atomic E-state index is 12.4. The first-order chi connectivity index (χ1) is 22.1. The van der Waals surface area contributed by atoms with Gasteiger partial charge in [-0.15, -0.1) is 0 Å². The number of phenolic OH excluding ortho intramolecular Hbond substituents is 3. The standard InChI is InChI=1S/C18H20O6.C16H16O6/c1-4-22-16-12-10-8-7-9-11(12)15(19)13(17(20)23-5-2)14(16)18(21)24-6-3;1-3-21-15(19)11-12(16(20)22-4-2)14(18)10-8-6-5-7-9(10)13(11)17/h7-10,19H,4-6H2,1-3H3;5-8,17-18H,3-4H2,1-2H3. The van der Waals surface area contributed by atoms with Crippen molar-refractivity contribution in [2.24, 2.45) is 0 Å². The number of rotatable bonds is 10. The van der Waals surface area contributed by atoms with Gasteiger partial charge in [-0.2, -0.15) is 0 Å². The van der Waals surface area contributed by atoms with Crippen LogP contribution in [0.25, 0.3) is 21.5 Å². The van der Waals surface area contributed by atoms with Crippen LogP contribution in [-0.2, 0) is 18.9 Å². The molecule has 4 rings (SSSR count). The number of benzene rings is 4. The van der Waals surface area contributed by atoms with Crippen molar-refractivity contribution >= 4 is 45.4 Å². The van der Waals surface area contributed by atoms with Crippen molar-refractivity contribution in [3.8, 4) is 23.0 Å². The minimum absolute atomic E-state index is 0.0636. The van der Waals surface area contributed by atoms with Gasteiger partial charge in [0.05, 0.1) is 33.0 Å². The third-order valence-electron chi connectivity index (χ3n) is 6.51. The summed E-state index contributed by atoms with van der Waals surface area (Å²) in [4.78, 5) is 49.0. The quantitative estimate of drug-likeness (QED) is 0.107. The van der Waals surface area contributed by atoms with Crippen LogP contribution in [0.15, 0.2) is 48.5 Å². The Hall–Kier alpha value is -5.52. The fourth-order valence-corrected chi connectivity index (χ4v) is 4.69. The maximum atomic E-state index is 12.4. The van der Waals surface area contributed by atoms with E-state index in [9.17, 15) is 34.5 Å². The highest BCUT2D eigenvalue weighted by molar-refractivity contribution is 6.15. The van der Waals surface area contributed by atoms with Crippen molar-refractivity contribution in [3.05, 3.63) is 70.8 Å². The average Bonchev–Trinajstić information content (AvgIpc) is 3.04. The first-order valence-corrected chi connectivity index (χ1v) is 14.6. The van der Waals surface area contributed by atoms with Gasteiger partial charge in [-0.05, 0) is 34.6 Å². The van der Waals surface area contributed by atoms with Gasteiger partial charge in [-0.1, -0.05) is 48.5 Å². The molecule has 0 fully saturated rings. The van der Waals surface area contributed by atoms with Crippen molar-refractivity contribution in [2.75, 3.05) is 33.0 Å². The van der Waals surface area contributed by atoms with Crippen molar-refractivity contribution in [3.63, 3.8) is 0 Å². The summed E-state index contributed by atoms with van der Waals surface area (Å²) >= 11 is 0. The molecule has 0 amide bonds. The summed E-state index contributed by atoms with van der Waals surface area (Å²) in [5.74, 6) is -4.31. The third kappa shape index (κ3) is 7.06. The molecule has 0 heterocycles. The van der Waals surface area contributed by atoms with E-state index in [2.05, 4.69) is 0 Å². The van der Waals surface area contributed by atoms with Crippen molar-refractivity contribution in [1.82, 2.24) is 0 Å². The van der Waals surface area contributed by atoms with Gasteiger partial charge in [0.15, 0.2) is 0 Å². The number of hydrogen-bond donors (Lipinski definition) is 3. The monoisotopic (exact) mass is 636 g/mol. The van der Waals surface area contributed by atoms with Crippen LogP contribution in [0.5, 0.6) is 23.0 Å². The number of carbonyl (C=O) groups is 4. The summed E-state index contributed by atoms with van der Waals surface area (Å²) in [6, 6.07) is 13.2. The highest BCUT2D eigenvalue weighted by atomic mass is 16.5. The van der Waals surface area contributed by atoms with Gasteiger partial charge < -0.3 is 39.0 Å². The molecular formula is C34H36O12. The van der Waals surface area contributed by atoms with Crippen LogP contribution in [0.4, 0.5) is 0 Å². The fraction of sp³-hybridized carbons (Fsp3) is 0.294.